The average molecular weight is 246 g/mol. The molecular weight excluding hydrogens is 235 g/mol. The van der Waals surface area contributed by atoms with Crippen LogP contribution in [0.15, 0.2) is 30.3 Å². The first-order valence-electron chi connectivity index (χ1n) is 5.30. The van der Waals surface area contributed by atoms with Crippen molar-refractivity contribution in [2.24, 2.45) is 0 Å². The number of rotatable bonds is 3. The fraction of sp³-hybridized carbons (Fsp3) is 0.154. The Hall–Kier alpha value is -2.30. The summed E-state index contributed by atoms with van der Waals surface area (Å²) in [5.41, 5.74) is 1.18. The van der Waals surface area contributed by atoms with Gasteiger partial charge >= 0.3 is 0 Å². The number of aryl methyl sites for hydroxylation is 1. The molecule has 0 atom stereocenters. The van der Waals surface area contributed by atoms with Gasteiger partial charge in [-0.05, 0) is 36.8 Å². The van der Waals surface area contributed by atoms with E-state index in [0.717, 1.165) is 0 Å². The molecule has 5 heteroatoms. The molecule has 0 bridgehead atoms. The van der Waals surface area contributed by atoms with Crippen LogP contribution in [0.25, 0.3) is 0 Å². The SMILES string of the molecule is COc1ccc(C(=O)c2ccc(F)cc2C)nn1. The van der Waals surface area contributed by atoms with E-state index in [-0.39, 0.29) is 17.3 Å². The van der Waals surface area contributed by atoms with Gasteiger partial charge in [-0.2, -0.15) is 0 Å². The Morgan fingerprint density at radius 3 is 2.56 bits per heavy atom. The number of ketones is 1. The van der Waals surface area contributed by atoms with E-state index in [1.54, 1.807) is 13.0 Å². The van der Waals surface area contributed by atoms with Crippen LogP contribution in [0.4, 0.5) is 4.39 Å². The predicted molar refractivity (Wildman–Crippen MR) is 63.2 cm³/mol. The Kier molecular flexibility index (Phi) is 3.32. The number of aromatic nitrogens is 2. The van der Waals surface area contributed by atoms with Gasteiger partial charge in [0.25, 0.3) is 0 Å². The van der Waals surface area contributed by atoms with Gasteiger partial charge in [0, 0.05) is 11.6 Å². The molecule has 0 spiro atoms. The Morgan fingerprint density at radius 1 is 1.22 bits per heavy atom. The summed E-state index contributed by atoms with van der Waals surface area (Å²) in [4.78, 5) is 12.1. The largest absolute Gasteiger partial charge is 0.480 e. The van der Waals surface area contributed by atoms with Crippen LogP contribution >= 0.6 is 0 Å². The monoisotopic (exact) mass is 246 g/mol. The Labute approximate surface area is 103 Å². The molecule has 4 nitrogen and oxygen atoms in total. The summed E-state index contributed by atoms with van der Waals surface area (Å²) in [5, 5.41) is 7.49. The topological polar surface area (TPSA) is 52.1 Å². The van der Waals surface area contributed by atoms with Crippen LogP contribution in [0, 0.1) is 12.7 Å². The molecule has 2 aromatic rings. The van der Waals surface area contributed by atoms with Crippen LogP contribution < -0.4 is 4.74 Å². The molecule has 0 amide bonds. The second-order valence-corrected chi connectivity index (χ2v) is 3.75. The quantitative estimate of drug-likeness (QED) is 0.779. The second kappa shape index (κ2) is 4.91. The van der Waals surface area contributed by atoms with Crippen LogP contribution in [-0.2, 0) is 0 Å². The molecule has 0 aliphatic heterocycles. The number of halogens is 1. The molecule has 0 aliphatic rings. The second-order valence-electron chi connectivity index (χ2n) is 3.75. The normalized spacial score (nSPS) is 10.2. The van der Waals surface area contributed by atoms with Crippen molar-refractivity contribution in [3.8, 4) is 5.88 Å². The number of benzene rings is 1. The first-order valence-corrected chi connectivity index (χ1v) is 5.30. The zero-order valence-electron chi connectivity index (χ0n) is 9.98. The minimum absolute atomic E-state index is 0.200. The molecule has 0 unspecified atom stereocenters. The maximum Gasteiger partial charge on any atom is 0.233 e. The van der Waals surface area contributed by atoms with Gasteiger partial charge in [-0.25, -0.2) is 4.39 Å². The van der Waals surface area contributed by atoms with Crippen LogP contribution in [0.5, 0.6) is 5.88 Å². The van der Waals surface area contributed by atoms with Crippen LogP contribution in [0.3, 0.4) is 0 Å². The lowest BCUT2D eigenvalue weighted by Gasteiger charge is -2.04. The maximum atomic E-state index is 13.0. The predicted octanol–water partition coefficient (Wildman–Crippen LogP) is 2.16. The van der Waals surface area contributed by atoms with E-state index in [1.807, 2.05) is 0 Å². The lowest BCUT2D eigenvalue weighted by molar-refractivity contribution is 0.103. The van der Waals surface area contributed by atoms with E-state index in [2.05, 4.69) is 10.2 Å². The highest BCUT2D eigenvalue weighted by Crippen LogP contribution is 2.15. The standard InChI is InChI=1S/C13H11FN2O2/c1-8-7-9(14)3-4-10(8)13(17)11-5-6-12(18-2)16-15-11/h3-7H,1-2H3. The third-order valence-electron chi connectivity index (χ3n) is 2.51. The number of methoxy groups -OCH3 is 1. The van der Waals surface area contributed by atoms with Gasteiger partial charge < -0.3 is 4.74 Å². The first kappa shape index (κ1) is 12.2. The molecule has 0 fully saturated rings. The Balaban J connectivity index is 2.35. The van der Waals surface area contributed by atoms with Crippen LogP contribution in [0.2, 0.25) is 0 Å². The summed E-state index contributed by atoms with van der Waals surface area (Å²) in [6, 6.07) is 7.08. The number of ether oxygens (including phenoxy) is 1. The zero-order valence-corrected chi connectivity index (χ0v) is 9.98. The van der Waals surface area contributed by atoms with Crippen molar-refractivity contribution >= 4 is 5.78 Å². The minimum atomic E-state index is -0.370. The molecule has 1 aromatic heterocycles. The Morgan fingerprint density at radius 2 is 2.00 bits per heavy atom. The van der Waals surface area contributed by atoms with Crippen molar-refractivity contribution in [1.29, 1.82) is 0 Å². The minimum Gasteiger partial charge on any atom is -0.480 e. The van der Waals surface area contributed by atoms with E-state index >= 15 is 0 Å². The number of hydrogen-bond acceptors (Lipinski definition) is 4. The molecule has 2 rings (SSSR count). The smallest absolute Gasteiger partial charge is 0.233 e. The third-order valence-corrected chi connectivity index (χ3v) is 2.51. The van der Waals surface area contributed by atoms with Crippen molar-refractivity contribution < 1.29 is 13.9 Å². The number of hydrogen-bond donors (Lipinski definition) is 0. The van der Waals surface area contributed by atoms with Crippen molar-refractivity contribution in [3.05, 3.63) is 53.0 Å². The summed E-state index contributed by atoms with van der Waals surface area (Å²) in [5.74, 6) is -0.324. The molecule has 0 saturated carbocycles. The highest BCUT2D eigenvalue weighted by Gasteiger charge is 2.14. The van der Waals surface area contributed by atoms with Gasteiger partial charge in [-0.1, -0.05) is 0 Å². The summed E-state index contributed by atoms with van der Waals surface area (Å²) in [6.07, 6.45) is 0. The molecule has 0 N–H and O–H groups in total. The molecule has 0 aliphatic carbocycles. The van der Waals surface area contributed by atoms with Gasteiger partial charge in [0.1, 0.15) is 11.5 Å². The third kappa shape index (κ3) is 2.34. The summed E-state index contributed by atoms with van der Waals surface area (Å²) in [7, 11) is 1.47. The van der Waals surface area contributed by atoms with Crippen LogP contribution in [0.1, 0.15) is 21.6 Å². The highest BCUT2D eigenvalue weighted by molar-refractivity contribution is 6.08. The number of carbonyl (C=O) groups excluding carboxylic acids is 1. The van der Waals surface area contributed by atoms with Gasteiger partial charge in [-0.3, -0.25) is 4.79 Å². The van der Waals surface area contributed by atoms with Crippen LogP contribution in [-0.4, -0.2) is 23.1 Å². The van der Waals surface area contributed by atoms with Gasteiger partial charge in [0.2, 0.25) is 11.7 Å². The molecule has 18 heavy (non-hydrogen) atoms. The average Bonchev–Trinajstić information content (AvgIpc) is 2.38. The van der Waals surface area contributed by atoms with E-state index in [9.17, 15) is 9.18 Å². The molecule has 1 aromatic carbocycles. The van der Waals surface area contributed by atoms with Gasteiger partial charge in [0.05, 0.1) is 7.11 Å². The highest BCUT2D eigenvalue weighted by atomic mass is 19.1. The van der Waals surface area contributed by atoms with Crippen molar-refractivity contribution in [2.75, 3.05) is 7.11 Å². The van der Waals surface area contributed by atoms with Gasteiger partial charge in [0.15, 0.2) is 0 Å². The van der Waals surface area contributed by atoms with Crippen molar-refractivity contribution in [2.45, 2.75) is 6.92 Å². The summed E-state index contributed by atoms with van der Waals surface area (Å²) in [6.45, 7) is 1.67. The van der Waals surface area contributed by atoms with E-state index in [0.29, 0.717) is 17.0 Å². The van der Waals surface area contributed by atoms with E-state index in [1.165, 1.54) is 31.4 Å². The Bertz CT molecular complexity index is 582. The first-order chi connectivity index (χ1) is 8.61. The van der Waals surface area contributed by atoms with Crippen molar-refractivity contribution in [3.63, 3.8) is 0 Å². The van der Waals surface area contributed by atoms with E-state index in [4.69, 9.17) is 4.74 Å². The zero-order chi connectivity index (χ0) is 13.1. The fourth-order valence-electron chi connectivity index (χ4n) is 1.57. The molecule has 1 heterocycles. The fourth-order valence-corrected chi connectivity index (χ4v) is 1.57. The molecular formula is C13H11FN2O2. The lowest BCUT2D eigenvalue weighted by atomic mass is 10.0. The molecule has 0 radical (unpaired) electrons. The van der Waals surface area contributed by atoms with E-state index < -0.39 is 0 Å². The lowest BCUT2D eigenvalue weighted by Crippen LogP contribution is -2.07. The summed E-state index contributed by atoms with van der Waals surface area (Å²) < 4.78 is 17.8. The number of nitrogens with zero attached hydrogens (tertiary/aromatic N) is 2. The molecule has 92 valence electrons. The summed E-state index contributed by atoms with van der Waals surface area (Å²) >= 11 is 0. The number of carbonyl (C=O) groups is 1. The van der Waals surface area contributed by atoms with Gasteiger partial charge in [-0.15, -0.1) is 10.2 Å². The van der Waals surface area contributed by atoms with Crippen molar-refractivity contribution in [1.82, 2.24) is 10.2 Å². The molecule has 0 saturated heterocycles. The maximum absolute atomic E-state index is 13.0.